The van der Waals surface area contributed by atoms with Crippen LogP contribution in [-0.2, 0) is 6.18 Å². The summed E-state index contributed by atoms with van der Waals surface area (Å²) in [7, 11) is 0. The number of allylic oxidation sites excluding steroid dienone is 4. The molecule has 0 radical (unpaired) electrons. The Bertz CT molecular complexity index is 1480. The molecule has 0 aliphatic carbocycles. The van der Waals surface area contributed by atoms with Crippen molar-refractivity contribution in [2.75, 3.05) is 5.32 Å². The third-order valence-electron chi connectivity index (χ3n) is 5.00. The van der Waals surface area contributed by atoms with Gasteiger partial charge in [-0.25, -0.2) is 14.6 Å². The van der Waals surface area contributed by atoms with Gasteiger partial charge in [0.05, 0.1) is 23.1 Å². The lowest BCUT2D eigenvalue weighted by molar-refractivity contribution is -0.142. The van der Waals surface area contributed by atoms with Gasteiger partial charge in [0.25, 0.3) is 5.91 Å². The zero-order valence-electron chi connectivity index (χ0n) is 24.1. The van der Waals surface area contributed by atoms with Crippen molar-refractivity contribution in [3.8, 4) is 23.0 Å². The maximum absolute atomic E-state index is 13.7. The minimum atomic E-state index is -4.67. The van der Waals surface area contributed by atoms with Crippen LogP contribution in [0.4, 0.5) is 18.9 Å². The van der Waals surface area contributed by atoms with Crippen molar-refractivity contribution in [1.29, 1.82) is 0 Å². The largest absolute Gasteiger partial charge is 0.440 e. The molecule has 8 nitrogen and oxygen atoms in total. The number of carbonyl (C=O) groups is 1. The number of hydrogen-bond acceptors (Lipinski definition) is 6. The zero-order valence-corrected chi connectivity index (χ0v) is 24.1. The van der Waals surface area contributed by atoms with Gasteiger partial charge in [0.1, 0.15) is 5.76 Å². The first-order valence-corrected chi connectivity index (χ1v) is 13.2. The fraction of sp³-hybridized carbons (Fsp3) is 0.194. The van der Waals surface area contributed by atoms with E-state index < -0.39 is 17.8 Å². The Kier molecular flexibility index (Phi) is 12.8. The molecule has 4 rings (SSSR count). The molecule has 1 amide bonds. The Labute approximate surface area is 243 Å². The van der Waals surface area contributed by atoms with Gasteiger partial charge in [-0.15, -0.1) is 0 Å². The lowest BCUT2D eigenvalue weighted by Crippen LogP contribution is -2.15. The fourth-order valence-electron chi connectivity index (χ4n) is 3.22. The summed E-state index contributed by atoms with van der Waals surface area (Å²) in [5.41, 5.74) is 0.0508. The molecule has 0 saturated heterocycles. The van der Waals surface area contributed by atoms with Crippen LogP contribution in [-0.4, -0.2) is 30.6 Å². The van der Waals surface area contributed by atoms with Gasteiger partial charge in [0.2, 0.25) is 5.88 Å². The molecule has 0 saturated carbocycles. The summed E-state index contributed by atoms with van der Waals surface area (Å²) < 4.78 is 47.2. The van der Waals surface area contributed by atoms with Crippen LogP contribution in [0.15, 0.2) is 104 Å². The molecule has 0 aromatic carbocycles. The van der Waals surface area contributed by atoms with Gasteiger partial charge < -0.3 is 10.1 Å². The topological polar surface area (TPSA) is 94.8 Å². The number of carbonyl (C=O) groups excluding carboxylic acids is 1. The monoisotopic (exact) mass is 578 g/mol. The number of halogens is 3. The summed E-state index contributed by atoms with van der Waals surface area (Å²) in [6.45, 7) is 13.6. The van der Waals surface area contributed by atoms with Crippen molar-refractivity contribution in [1.82, 2.24) is 24.7 Å². The van der Waals surface area contributed by atoms with Crippen LogP contribution in [0, 0.1) is 0 Å². The second-order valence-electron chi connectivity index (χ2n) is 7.76. The Morgan fingerprint density at radius 2 is 1.76 bits per heavy atom. The zero-order chi connectivity index (χ0) is 31.1. The second kappa shape index (κ2) is 16.3. The molecule has 0 aliphatic heterocycles. The minimum Gasteiger partial charge on any atom is -0.440 e. The fourth-order valence-corrected chi connectivity index (χ4v) is 3.22. The number of nitrogens with zero attached hydrogens (tertiary/aromatic N) is 5. The number of pyridine rings is 3. The molecule has 4 heterocycles. The Morgan fingerprint density at radius 1 is 1.00 bits per heavy atom. The van der Waals surface area contributed by atoms with E-state index in [1.54, 1.807) is 24.3 Å². The summed E-state index contributed by atoms with van der Waals surface area (Å²) in [4.78, 5) is 24.7. The number of aromatic nitrogens is 5. The van der Waals surface area contributed by atoms with Gasteiger partial charge in [0, 0.05) is 30.2 Å². The van der Waals surface area contributed by atoms with E-state index in [0.29, 0.717) is 16.0 Å². The Morgan fingerprint density at radius 3 is 2.33 bits per heavy atom. The van der Waals surface area contributed by atoms with E-state index in [1.165, 1.54) is 49.1 Å². The van der Waals surface area contributed by atoms with Crippen molar-refractivity contribution in [2.24, 2.45) is 0 Å². The summed E-state index contributed by atoms with van der Waals surface area (Å²) in [5, 5.41) is 6.71. The van der Waals surface area contributed by atoms with E-state index in [1.807, 2.05) is 46.8 Å². The lowest BCUT2D eigenvalue weighted by Gasteiger charge is -2.10. The Balaban J connectivity index is 0.00000148. The molecule has 1 N–H and O–H groups in total. The molecule has 220 valence electrons. The predicted molar refractivity (Wildman–Crippen MR) is 158 cm³/mol. The van der Waals surface area contributed by atoms with E-state index in [0.717, 1.165) is 6.07 Å². The van der Waals surface area contributed by atoms with Gasteiger partial charge in [-0.1, -0.05) is 52.5 Å². The number of nitrogens with one attached hydrogen (secondary N) is 1. The van der Waals surface area contributed by atoms with E-state index in [2.05, 4.69) is 31.9 Å². The van der Waals surface area contributed by atoms with Crippen LogP contribution < -0.4 is 10.1 Å². The molecule has 11 heteroatoms. The molecule has 0 unspecified atom stereocenters. The van der Waals surface area contributed by atoms with Gasteiger partial charge in [-0.05, 0) is 49.4 Å². The molecule has 4 aromatic rings. The van der Waals surface area contributed by atoms with E-state index in [9.17, 15) is 18.0 Å². The summed E-state index contributed by atoms with van der Waals surface area (Å²) in [5.74, 6) is 0.0714. The average molecular weight is 579 g/mol. The SMILES string of the molecule is C=C(/C=C\C=C/C)Oc1ccc(C(=O)Nc2ccc(-n3nc(-c4cccnc4)cc3C(F)(F)F)nc2)cn1.CC.CC. The molecule has 42 heavy (non-hydrogen) atoms. The molecule has 0 aliphatic rings. The molecular formula is C31H33F3N6O2. The molecule has 0 atom stereocenters. The highest BCUT2D eigenvalue weighted by Gasteiger charge is 2.36. The van der Waals surface area contributed by atoms with E-state index in [4.69, 9.17) is 4.74 Å². The summed E-state index contributed by atoms with van der Waals surface area (Å²) in [6, 6.07) is 9.93. The van der Waals surface area contributed by atoms with E-state index >= 15 is 0 Å². The van der Waals surface area contributed by atoms with Crippen molar-refractivity contribution in [3.05, 3.63) is 115 Å². The van der Waals surface area contributed by atoms with Crippen LogP contribution in [0.25, 0.3) is 17.1 Å². The predicted octanol–water partition coefficient (Wildman–Crippen LogP) is 8.07. The normalized spacial score (nSPS) is 10.9. The maximum atomic E-state index is 13.7. The van der Waals surface area contributed by atoms with Crippen LogP contribution in [0.2, 0.25) is 0 Å². The molecule has 0 bridgehead atoms. The van der Waals surface area contributed by atoms with Crippen molar-refractivity contribution >= 4 is 11.6 Å². The summed E-state index contributed by atoms with van der Waals surface area (Å²) in [6.07, 6.45) is 7.94. The quantitative estimate of drug-likeness (QED) is 0.168. The standard InChI is InChI=1S/C27H21F3N6O2.2C2H6/c1-3-4-5-7-18(2)38-25-12-9-20(16-33-25)26(37)34-21-10-11-24(32-17-21)36-23(27(28,29)30)14-22(35-36)19-8-6-13-31-15-19;2*1-2/h3-17H,2H2,1H3,(H,34,37);2*1-2H3/b4-3-,7-5-;;. The van der Waals surface area contributed by atoms with Crippen molar-refractivity contribution in [3.63, 3.8) is 0 Å². The van der Waals surface area contributed by atoms with Crippen LogP contribution in [0.5, 0.6) is 5.88 Å². The summed E-state index contributed by atoms with van der Waals surface area (Å²) >= 11 is 0. The average Bonchev–Trinajstić information content (AvgIpc) is 3.47. The van der Waals surface area contributed by atoms with Gasteiger partial charge in [-0.3, -0.25) is 9.78 Å². The molecule has 0 spiro atoms. The second-order valence-corrected chi connectivity index (χ2v) is 7.76. The number of hydrogen-bond donors (Lipinski definition) is 1. The highest BCUT2D eigenvalue weighted by Crippen LogP contribution is 2.33. The smallest absolute Gasteiger partial charge is 0.433 e. The number of rotatable bonds is 8. The Hall–Kier alpha value is -5.06. The van der Waals surface area contributed by atoms with E-state index in [-0.39, 0.29) is 28.6 Å². The number of anilines is 1. The molecule has 0 fully saturated rings. The highest BCUT2D eigenvalue weighted by molar-refractivity contribution is 6.04. The number of alkyl halides is 3. The van der Waals surface area contributed by atoms with Crippen LogP contribution >= 0.6 is 0 Å². The first-order chi connectivity index (χ1) is 20.2. The maximum Gasteiger partial charge on any atom is 0.433 e. The number of ether oxygens (including phenoxy) is 1. The van der Waals surface area contributed by atoms with Crippen molar-refractivity contribution < 1.29 is 22.7 Å². The van der Waals surface area contributed by atoms with Gasteiger partial charge >= 0.3 is 6.18 Å². The van der Waals surface area contributed by atoms with Gasteiger partial charge in [-0.2, -0.15) is 18.3 Å². The first kappa shape index (κ1) is 33.1. The van der Waals surface area contributed by atoms with Crippen LogP contribution in [0.1, 0.15) is 50.7 Å². The third kappa shape index (κ3) is 9.26. The van der Waals surface area contributed by atoms with Gasteiger partial charge in [0.15, 0.2) is 11.5 Å². The third-order valence-corrected chi connectivity index (χ3v) is 5.00. The number of amides is 1. The van der Waals surface area contributed by atoms with Crippen molar-refractivity contribution in [2.45, 2.75) is 40.8 Å². The first-order valence-electron chi connectivity index (χ1n) is 13.2. The molecular weight excluding hydrogens is 545 g/mol. The molecule has 4 aromatic heterocycles. The lowest BCUT2D eigenvalue weighted by atomic mass is 10.2. The highest BCUT2D eigenvalue weighted by atomic mass is 19.4. The minimum absolute atomic E-state index is 0.0719. The van der Waals surface area contributed by atoms with Crippen LogP contribution in [0.3, 0.4) is 0 Å².